The molecule has 2 N–H and O–H groups in total. The molecule has 5 heteroatoms. The van der Waals surface area contributed by atoms with E-state index >= 15 is 0 Å². The normalized spacial score (nSPS) is 17.4. The monoisotopic (exact) mass is 250 g/mol. The predicted octanol–water partition coefficient (Wildman–Crippen LogP) is 0.670. The Hall–Kier alpha value is -1.62. The van der Waals surface area contributed by atoms with Gasteiger partial charge in [0, 0.05) is 5.69 Å². The number of aromatic nitrogens is 1. The lowest BCUT2D eigenvalue weighted by molar-refractivity contribution is -0.0860. The van der Waals surface area contributed by atoms with Crippen molar-refractivity contribution in [2.24, 2.45) is 0 Å². The molecule has 0 bridgehead atoms. The van der Waals surface area contributed by atoms with Crippen molar-refractivity contribution in [3.05, 3.63) is 33.7 Å². The van der Waals surface area contributed by atoms with Gasteiger partial charge in [0.25, 0.3) is 11.5 Å². The second-order valence-corrected chi connectivity index (χ2v) is 5.02. The maximum atomic E-state index is 12.0. The molecule has 5 nitrogen and oxygen atoms in total. The Morgan fingerprint density at radius 1 is 1.50 bits per heavy atom. The van der Waals surface area contributed by atoms with Crippen LogP contribution in [-0.4, -0.2) is 39.6 Å². The lowest BCUT2D eigenvalue weighted by Gasteiger charge is -2.46. The Kier molecular flexibility index (Phi) is 3.26. The lowest BCUT2D eigenvalue weighted by atomic mass is 9.89. The molecule has 0 aliphatic carbocycles. The quantitative estimate of drug-likeness (QED) is 0.828. The number of pyridine rings is 1. The van der Waals surface area contributed by atoms with Crippen LogP contribution in [0.1, 0.15) is 35.8 Å². The van der Waals surface area contributed by atoms with E-state index in [0.717, 1.165) is 12.1 Å². The highest BCUT2D eigenvalue weighted by atomic mass is 16.3. The summed E-state index contributed by atoms with van der Waals surface area (Å²) in [7, 11) is 0. The standard InChI is InChI=1S/C13H18N2O3/c1-3-6-13(18)7-15(8-13)12(17)10-5-4-9(2)14-11(10)16/h4-5,18H,3,6-8H2,1-2H3,(H,14,16). The molecule has 1 aromatic heterocycles. The van der Waals surface area contributed by atoms with Crippen molar-refractivity contribution < 1.29 is 9.90 Å². The number of amides is 1. The summed E-state index contributed by atoms with van der Waals surface area (Å²) in [5, 5.41) is 10.0. The number of aliphatic hydroxyl groups is 1. The number of carbonyl (C=O) groups excluding carboxylic acids is 1. The van der Waals surface area contributed by atoms with Crippen LogP contribution in [0.5, 0.6) is 0 Å². The van der Waals surface area contributed by atoms with Gasteiger partial charge < -0.3 is 15.0 Å². The Morgan fingerprint density at radius 2 is 2.17 bits per heavy atom. The lowest BCUT2D eigenvalue weighted by Crippen LogP contribution is -2.63. The number of β-amino-alcohol motifs (C(OH)–C–C–N with tert-alkyl or cyclic N) is 1. The number of carbonyl (C=O) groups is 1. The number of hydrogen-bond acceptors (Lipinski definition) is 3. The minimum absolute atomic E-state index is 0.138. The van der Waals surface area contributed by atoms with Crippen LogP contribution in [0.25, 0.3) is 0 Å². The minimum Gasteiger partial charge on any atom is -0.386 e. The van der Waals surface area contributed by atoms with E-state index < -0.39 is 5.60 Å². The summed E-state index contributed by atoms with van der Waals surface area (Å²) in [5.41, 5.74) is -0.269. The highest BCUT2D eigenvalue weighted by Gasteiger charge is 2.43. The van der Waals surface area contributed by atoms with Crippen molar-refractivity contribution in [2.75, 3.05) is 13.1 Å². The third-order valence-electron chi connectivity index (χ3n) is 3.26. The number of nitrogens with one attached hydrogen (secondary N) is 1. The Balaban J connectivity index is 2.08. The molecule has 1 fully saturated rings. The van der Waals surface area contributed by atoms with Crippen LogP contribution in [0, 0.1) is 6.92 Å². The number of rotatable bonds is 3. The smallest absolute Gasteiger partial charge is 0.260 e. The largest absolute Gasteiger partial charge is 0.386 e. The van der Waals surface area contributed by atoms with Crippen molar-refractivity contribution in [3.8, 4) is 0 Å². The van der Waals surface area contributed by atoms with Crippen molar-refractivity contribution >= 4 is 5.91 Å². The number of aryl methyl sites for hydroxylation is 1. The van der Waals surface area contributed by atoms with Crippen molar-refractivity contribution in [3.63, 3.8) is 0 Å². The van der Waals surface area contributed by atoms with E-state index in [0.29, 0.717) is 19.5 Å². The van der Waals surface area contributed by atoms with Gasteiger partial charge >= 0.3 is 0 Å². The van der Waals surface area contributed by atoms with Crippen LogP contribution in [0.15, 0.2) is 16.9 Å². The summed E-state index contributed by atoms with van der Waals surface area (Å²) in [4.78, 5) is 27.8. The van der Waals surface area contributed by atoms with Crippen LogP contribution in [0.2, 0.25) is 0 Å². The van der Waals surface area contributed by atoms with Crippen LogP contribution in [0.4, 0.5) is 0 Å². The highest BCUT2D eigenvalue weighted by Crippen LogP contribution is 2.26. The fraction of sp³-hybridized carbons (Fsp3) is 0.538. The third-order valence-corrected chi connectivity index (χ3v) is 3.26. The van der Waals surface area contributed by atoms with E-state index in [1.807, 2.05) is 6.92 Å². The van der Waals surface area contributed by atoms with Gasteiger partial charge in [-0.15, -0.1) is 0 Å². The molecule has 1 aromatic rings. The van der Waals surface area contributed by atoms with E-state index in [2.05, 4.69) is 4.98 Å². The molecule has 18 heavy (non-hydrogen) atoms. The van der Waals surface area contributed by atoms with E-state index in [1.54, 1.807) is 13.0 Å². The molecule has 0 aromatic carbocycles. The van der Waals surface area contributed by atoms with Crippen molar-refractivity contribution in [1.82, 2.24) is 9.88 Å². The summed E-state index contributed by atoms with van der Waals surface area (Å²) in [5.74, 6) is -0.308. The number of aromatic amines is 1. The number of nitrogens with zero attached hydrogens (tertiary/aromatic N) is 1. The third kappa shape index (κ3) is 2.31. The predicted molar refractivity (Wildman–Crippen MR) is 67.6 cm³/mol. The Labute approximate surface area is 105 Å². The van der Waals surface area contributed by atoms with Crippen LogP contribution < -0.4 is 5.56 Å². The number of hydrogen-bond donors (Lipinski definition) is 2. The highest BCUT2D eigenvalue weighted by molar-refractivity contribution is 5.94. The molecule has 1 saturated heterocycles. The zero-order valence-electron chi connectivity index (χ0n) is 10.7. The van der Waals surface area contributed by atoms with E-state index in [-0.39, 0.29) is 17.0 Å². The molecule has 2 heterocycles. The van der Waals surface area contributed by atoms with Crippen LogP contribution >= 0.6 is 0 Å². The summed E-state index contributed by atoms with van der Waals surface area (Å²) in [6.45, 7) is 4.38. The Bertz CT molecular complexity index is 515. The number of H-pyrrole nitrogens is 1. The zero-order valence-corrected chi connectivity index (χ0v) is 10.7. The summed E-state index contributed by atoms with van der Waals surface area (Å²) < 4.78 is 0. The first-order chi connectivity index (χ1) is 8.45. The molecule has 1 amide bonds. The molecule has 1 aliphatic heterocycles. The molecule has 98 valence electrons. The van der Waals surface area contributed by atoms with Crippen molar-refractivity contribution in [2.45, 2.75) is 32.3 Å². The van der Waals surface area contributed by atoms with Crippen LogP contribution in [0.3, 0.4) is 0 Å². The first-order valence-electron chi connectivity index (χ1n) is 6.17. The average Bonchev–Trinajstić information content (AvgIpc) is 2.25. The van der Waals surface area contributed by atoms with Gasteiger partial charge in [-0.25, -0.2) is 0 Å². The second-order valence-electron chi connectivity index (χ2n) is 5.02. The fourth-order valence-electron chi connectivity index (χ4n) is 2.34. The average molecular weight is 250 g/mol. The maximum Gasteiger partial charge on any atom is 0.260 e. The van der Waals surface area contributed by atoms with Gasteiger partial charge in [-0.1, -0.05) is 13.3 Å². The SMILES string of the molecule is CCCC1(O)CN(C(=O)c2ccc(C)[nH]c2=O)C1. The Morgan fingerprint density at radius 3 is 2.72 bits per heavy atom. The molecule has 0 atom stereocenters. The van der Waals surface area contributed by atoms with E-state index in [9.17, 15) is 14.7 Å². The van der Waals surface area contributed by atoms with Crippen molar-refractivity contribution in [1.29, 1.82) is 0 Å². The van der Waals surface area contributed by atoms with E-state index in [4.69, 9.17) is 0 Å². The first-order valence-corrected chi connectivity index (χ1v) is 6.17. The molecule has 2 rings (SSSR count). The molecule has 0 spiro atoms. The van der Waals surface area contributed by atoms with Gasteiger partial charge in [0.15, 0.2) is 0 Å². The molecular formula is C13H18N2O3. The summed E-state index contributed by atoms with van der Waals surface area (Å²) in [6.07, 6.45) is 1.56. The summed E-state index contributed by atoms with van der Waals surface area (Å²) >= 11 is 0. The van der Waals surface area contributed by atoms with Gasteiger partial charge in [0.2, 0.25) is 0 Å². The zero-order chi connectivity index (χ0) is 13.3. The van der Waals surface area contributed by atoms with Gasteiger partial charge in [-0.2, -0.15) is 0 Å². The minimum atomic E-state index is -0.762. The fourth-order valence-corrected chi connectivity index (χ4v) is 2.34. The first kappa shape index (κ1) is 12.8. The van der Waals surface area contributed by atoms with E-state index in [1.165, 1.54) is 11.0 Å². The molecule has 0 radical (unpaired) electrons. The topological polar surface area (TPSA) is 73.4 Å². The molecule has 0 saturated carbocycles. The van der Waals surface area contributed by atoms with Crippen LogP contribution in [-0.2, 0) is 0 Å². The molecule has 1 aliphatic rings. The summed E-state index contributed by atoms with van der Waals surface area (Å²) in [6, 6.07) is 3.24. The van der Waals surface area contributed by atoms with Gasteiger partial charge in [-0.05, 0) is 25.5 Å². The second kappa shape index (κ2) is 4.57. The molecule has 0 unspecified atom stereocenters. The van der Waals surface area contributed by atoms with Gasteiger partial charge in [-0.3, -0.25) is 9.59 Å². The van der Waals surface area contributed by atoms with Gasteiger partial charge in [0.1, 0.15) is 5.56 Å². The molecular weight excluding hydrogens is 232 g/mol. The number of likely N-dealkylation sites (tertiary alicyclic amines) is 1. The van der Waals surface area contributed by atoms with Gasteiger partial charge in [0.05, 0.1) is 18.7 Å². The maximum absolute atomic E-state index is 12.0.